The van der Waals surface area contributed by atoms with Crippen molar-refractivity contribution in [2.75, 3.05) is 51.8 Å². The highest BCUT2D eigenvalue weighted by Gasteiger charge is 2.33. The minimum Gasteiger partial charge on any atom is -0.493 e. The van der Waals surface area contributed by atoms with Gasteiger partial charge < -0.3 is 19.2 Å². The maximum absolute atomic E-state index is 13.9. The number of sulfonamides is 1. The third kappa shape index (κ3) is 9.52. The monoisotopic (exact) mass is 829 g/mol. The lowest BCUT2D eigenvalue weighted by Gasteiger charge is -2.34. The Morgan fingerprint density at radius 2 is 1.86 bits per heavy atom. The van der Waals surface area contributed by atoms with Crippen molar-refractivity contribution < 1.29 is 31.8 Å². The first-order chi connectivity index (χ1) is 26.9. The molecule has 2 unspecified atom stereocenters. The number of alkyl halides is 1. The van der Waals surface area contributed by atoms with Crippen molar-refractivity contribution >= 4 is 60.9 Å². The molecule has 56 heavy (non-hydrogen) atoms. The first kappa shape index (κ1) is 41.9. The number of nitrogens with one attached hydrogen (secondary N) is 2. The van der Waals surface area contributed by atoms with Crippen LogP contribution in [-0.4, -0.2) is 91.2 Å². The number of halogens is 3. The fourth-order valence-electron chi connectivity index (χ4n) is 7.57. The van der Waals surface area contributed by atoms with Crippen LogP contribution in [0.1, 0.15) is 73.5 Å². The Morgan fingerprint density at radius 3 is 2.59 bits per heavy atom. The van der Waals surface area contributed by atoms with Gasteiger partial charge >= 0.3 is 5.97 Å². The molecule has 0 spiro atoms. The normalized spacial score (nSPS) is 15.1. The summed E-state index contributed by atoms with van der Waals surface area (Å²) in [4.78, 5) is 19.3. The molecule has 11 nitrogen and oxygen atoms in total. The zero-order valence-corrected chi connectivity index (χ0v) is 34.6. The second kappa shape index (κ2) is 18.7. The standard InChI is InChI=1S/C41H50Cl2FN5O6S/c1-5-33-37(40(47-48(33)4)34(49-19-22-53-23-20-49)16-18-45-56(51,52)24-17-26(3)42)36-32(43)15-14-31-30(39(46-38(31)36)41(50)54-6-2)10-8-21-55-35-11-7-9-27-25-28(44)12-13-29(27)35/h7,9,11-15,25-26,34,45-46H,5-6,8,10,16-24H2,1-4H3. The van der Waals surface area contributed by atoms with E-state index in [1.54, 1.807) is 19.9 Å². The molecule has 1 saturated heterocycles. The first-order valence-electron chi connectivity index (χ1n) is 19.2. The van der Waals surface area contributed by atoms with E-state index in [-0.39, 0.29) is 36.1 Å². The lowest BCUT2D eigenvalue weighted by molar-refractivity contribution is 0.0137. The Balaban J connectivity index is 1.37. The van der Waals surface area contributed by atoms with E-state index in [1.165, 1.54) is 12.1 Å². The number of hydrogen-bond donors (Lipinski definition) is 2. The number of morpholine rings is 1. The van der Waals surface area contributed by atoms with Crippen molar-refractivity contribution in [1.29, 1.82) is 0 Å². The number of benzene rings is 3. The molecule has 0 amide bonds. The highest BCUT2D eigenvalue weighted by atomic mass is 35.5. The summed E-state index contributed by atoms with van der Waals surface area (Å²) < 4.78 is 61.7. The molecule has 2 atom stereocenters. The van der Waals surface area contributed by atoms with E-state index < -0.39 is 16.0 Å². The molecule has 1 aliphatic rings. The Labute approximate surface area is 337 Å². The van der Waals surface area contributed by atoms with E-state index in [1.807, 2.05) is 42.1 Å². The highest BCUT2D eigenvalue weighted by molar-refractivity contribution is 7.89. The van der Waals surface area contributed by atoms with Crippen LogP contribution in [0.15, 0.2) is 48.5 Å². The van der Waals surface area contributed by atoms with Gasteiger partial charge in [0.15, 0.2) is 0 Å². The summed E-state index contributed by atoms with van der Waals surface area (Å²) in [5, 5.41) is 7.74. The van der Waals surface area contributed by atoms with Gasteiger partial charge in [0.1, 0.15) is 17.3 Å². The van der Waals surface area contributed by atoms with Crippen LogP contribution < -0.4 is 9.46 Å². The Morgan fingerprint density at radius 1 is 1.09 bits per heavy atom. The van der Waals surface area contributed by atoms with Gasteiger partial charge in [-0.1, -0.05) is 36.7 Å². The molecule has 0 aliphatic carbocycles. The minimum absolute atomic E-state index is 0.0548. The Bertz CT molecular complexity index is 2270. The van der Waals surface area contributed by atoms with Gasteiger partial charge in [0.2, 0.25) is 10.0 Å². The van der Waals surface area contributed by atoms with Crippen molar-refractivity contribution in [3.05, 3.63) is 82.0 Å². The predicted octanol–water partition coefficient (Wildman–Crippen LogP) is 7.97. The van der Waals surface area contributed by atoms with Gasteiger partial charge in [-0.15, -0.1) is 11.6 Å². The van der Waals surface area contributed by atoms with Crippen molar-refractivity contribution in [2.24, 2.45) is 7.05 Å². The van der Waals surface area contributed by atoms with E-state index in [9.17, 15) is 17.6 Å². The van der Waals surface area contributed by atoms with Crippen LogP contribution in [0.3, 0.4) is 0 Å². The Hall–Kier alpha value is -3.72. The topological polar surface area (TPSA) is 128 Å². The van der Waals surface area contributed by atoms with E-state index in [4.69, 9.17) is 42.5 Å². The molecular formula is C41H50Cl2FN5O6S. The molecular weight excluding hydrogens is 780 g/mol. The van der Waals surface area contributed by atoms with Gasteiger partial charge in [0.25, 0.3) is 0 Å². The molecule has 0 bridgehead atoms. The molecule has 5 aromatic rings. The van der Waals surface area contributed by atoms with Gasteiger partial charge in [-0.05, 0) is 87.2 Å². The van der Waals surface area contributed by atoms with Crippen LogP contribution in [0.2, 0.25) is 5.02 Å². The van der Waals surface area contributed by atoms with Crippen molar-refractivity contribution in [3.8, 4) is 16.9 Å². The molecule has 1 aliphatic heterocycles. The molecule has 3 heterocycles. The van der Waals surface area contributed by atoms with Gasteiger partial charge in [-0.25, -0.2) is 22.3 Å². The lowest BCUT2D eigenvalue weighted by Crippen LogP contribution is -2.41. The number of fused-ring (bicyclic) bond motifs is 2. The zero-order chi connectivity index (χ0) is 40.0. The molecule has 0 radical (unpaired) electrons. The number of esters is 1. The van der Waals surface area contributed by atoms with Crippen LogP contribution in [0.5, 0.6) is 5.75 Å². The molecule has 15 heteroatoms. The van der Waals surface area contributed by atoms with E-state index in [0.29, 0.717) is 87.0 Å². The summed E-state index contributed by atoms with van der Waals surface area (Å²) in [6, 6.07) is 13.7. The summed E-state index contributed by atoms with van der Waals surface area (Å²) >= 11 is 13.2. The number of aromatic nitrogens is 3. The summed E-state index contributed by atoms with van der Waals surface area (Å²) in [6.07, 6.45) is 2.51. The highest BCUT2D eigenvalue weighted by Crippen LogP contribution is 2.44. The maximum atomic E-state index is 13.9. The van der Waals surface area contributed by atoms with Crippen LogP contribution in [0.4, 0.5) is 4.39 Å². The number of carbonyl (C=O) groups excluding carboxylic acids is 1. The summed E-state index contributed by atoms with van der Waals surface area (Å²) in [7, 11) is -1.63. The summed E-state index contributed by atoms with van der Waals surface area (Å²) in [5.41, 5.74) is 5.10. The molecule has 0 saturated carbocycles. The van der Waals surface area contributed by atoms with E-state index in [2.05, 4.69) is 21.5 Å². The van der Waals surface area contributed by atoms with E-state index in [0.717, 1.165) is 44.2 Å². The molecule has 1 fully saturated rings. The zero-order valence-electron chi connectivity index (χ0n) is 32.3. The maximum Gasteiger partial charge on any atom is 0.355 e. The SMILES string of the molecule is CCOC(=O)c1[nH]c2c(-c3c(C(CCNS(=O)(=O)CCC(C)Cl)N4CCOCC4)nn(C)c3CC)c(Cl)ccc2c1CCCOc1cccc2cc(F)ccc12. The lowest BCUT2D eigenvalue weighted by atomic mass is 9.93. The number of aromatic amines is 1. The summed E-state index contributed by atoms with van der Waals surface area (Å²) in [5.74, 6) is -0.176. The molecule has 3 aromatic carbocycles. The molecule has 2 aromatic heterocycles. The summed E-state index contributed by atoms with van der Waals surface area (Å²) in [6.45, 7) is 8.75. The van der Waals surface area contributed by atoms with Gasteiger partial charge in [0.05, 0.1) is 54.5 Å². The average Bonchev–Trinajstić information content (AvgIpc) is 3.71. The number of nitrogens with zero attached hydrogens (tertiary/aromatic N) is 3. The third-order valence-corrected chi connectivity index (χ3v) is 12.2. The smallest absolute Gasteiger partial charge is 0.355 e. The van der Waals surface area contributed by atoms with Gasteiger partial charge in [-0.3, -0.25) is 9.58 Å². The quantitative estimate of drug-likeness (QED) is 0.0518. The Kier molecular flexibility index (Phi) is 14.0. The number of aryl methyl sites for hydroxylation is 2. The second-order valence-electron chi connectivity index (χ2n) is 14.0. The number of rotatable bonds is 18. The number of hydrogen-bond acceptors (Lipinski definition) is 8. The largest absolute Gasteiger partial charge is 0.493 e. The third-order valence-electron chi connectivity index (χ3n) is 10.2. The fraction of sp³-hybridized carbons (Fsp3) is 0.463. The van der Waals surface area contributed by atoms with Crippen molar-refractivity contribution in [2.45, 2.75) is 64.3 Å². The molecule has 6 rings (SSSR count). The molecule has 2 N–H and O–H groups in total. The molecule has 302 valence electrons. The number of ether oxygens (including phenoxy) is 3. The number of carbonyl (C=O) groups is 1. The number of H-pyrrole nitrogens is 1. The van der Waals surface area contributed by atoms with Crippen LogP contribution in [-0.2, 0) is 39.4 Å². The van der Waals surface area contributed by atoms with Crippen LogP contribution in [0, 0.1) is 5.82 Å². The van der Waals surface area contributed by atoms with Crippen molar-refractivity contribution in [3.63, 3.8) is 0 Å². The van der Waals surface area contributed by atoms with Crippen molar-refractivity contribution in [1.82, 2.24) is 24.4 Å². The van der Waals surface area contributed by atoms with Gasteiger partial charge in [-0.2, -0.15) is 5.10 Å². The van der Waals surface area contributed by atoms with Gasteiger partial charge in [0, 0.05) is 59.7 Å². The minimum atomic E-state index is -3.54. The van der Waals surface area contributed by atoms with Crippen LogP contribution >= 0.6 is 23.2 Å². The van der Waals surface area contributed by atoms with E-state index >= 15 is 0 Å². The first-order valence-corrected chi connectivity index (χ1v) is 21.7. The fourth-order valence-corrected chi connectivity index (χ4v) is 9.30. The second-order valence-corrected chi connectivity index (χ2v) is 17.1. The predicted molar refractivity (Wildman–Crippen MR) is 220 cm³/mol. The van der Waals surface area contributed by atoms with Crippen LogP contribution in [0.25, 0.3) is 32.8 Å². The average molecular weight is 831 g/mol.